The summed E-state index contributed by atoms with van der Waals surface area (Å²) in [6, 6.07) is 13.4. The van der Waals surface area contributed by atoms with Crippen LogP contribution in [-0.4, -0.2) is 54.4 Å². The molecule has 1 saturated heterocycles. The third kappa shape index (κ3) is 4.77. The number of hydrogen-bond acceptors (Lipinski definition) is 4. The number of rotatable bonds is 4. The lowest BCUT2D eigenvalue weighted by molar-refractivity contribution is -0.130. The maximum absolute atomic E-state index is 13.5. The number of anilines is 1. The molecule has 1 aliphatic heterocycles. The molecule has 0 radical (unpaired) electrons. The van der Waals surface area contributed by atoms with Gasteiger partial charge in [0.05, 0.1) is 17.6 Å². The second kappa shape index (κ2) is 8.89. The number of piperazine rings is 1. The van der Waals surface area contributed by atoms with Crippen LogP contribution in [0.2, 0.25) is 5.02 Å². The second-order valence-corrected chi connectivity index (χ2v) is 7.94. The zero-order chi connectivity index (χ0) is 22.0. The molecule has 6 nitrogen and oxygen atoms in total. The molecule has 0 aliphatic carbocycles. The Morgan fingerprint density at radius 3 is 2.61 bits per heavy atom. The van der Waals surface area contributed by atoms with Gasteiger partial charge < -0.3 is 15.1 Å². The summed E-state index contributed by atoms with van der Waals surface area (Å²) in [5, 5.41) is 3.93. The van der Waals surface area contributed by atoms with Crippen molar-refractivity contribution in [2.24, 2.45) is 0 Å². The van der Waals surface area contributed by atoms with E-state index in [9.17, 15) is 14.0 Å². The number of fused-ring (bicyclic) bond motifs is 1. The van der Waals surface area contributed by atoms with Crippen LogP contribution in [0.4, 0.5) is 10.1 Å². The van der Waals surface area contributed by atoms with Gasteiger partial charge in [-0.3, -0.25) is 14.6 Å². The summed E-state index contributed by atoms with van der Waals surface area (Å²) >= 11 is 6.06. The summed E-state index contributed by atoms with van der Waals surface area (Å²) in [5.41, 5.74) is 2.42. The standard InChI is InChI=1S/C23H22ClFN4O2/c1-15-11-20(19-6-5-17(25)13-21(19)27-15)23(31)26-14-22(30)29-9-7-28(8-10-29)18-4-2-3-16(24)12-18/h2-6,11-13H,7-10,14H2,1H3,(H,26,31). The van der Waals surface area contributed by atoms with E-state index in [0.29, 0.717) is 53.4 Å². The van der Waals surface area contributed by atoms with Crippen LogP contribution >= 0.6 is 11.6 Å². The van der Waals surface area contributed by atoms with Gasteiger partial charge in [-0.2, -0.15) is 0 Å². The van der Waals surface area contributed by atoms with Gasteiger partial charge in [0.2, 0.25) is 5.91 Å². The van der Waals surface area contributed by atoms with Gasteiger partial charge in [-0.15, -0.1) is 0 Å². The molecule has 31 heavy (non-hydrogen) atoms. The van der Waals surface area contributed by atoms with Crippen molar-refractivity contribution < 1.29 is 14.0 Å². The molecular weight excluding hydrogens is 419 g/mol. The molecule has 4 rings (SSSR count). The summed E-state index contributed by atoms with van der Waals surface area (Å²) in [6.07, 6.45) is 0. The van der Waals surface area contributed by atoms with Crippen molar-refractivity contribution in [3.8, 4) is 0 Å². The van der Waals surface area contributed by atoms with Gasteiger partial charge in [-0.1, -0.05) is 17.7 Å². The number of nitrogens with one attached hydrogen (secondary N) is 1. The van der Waals surface area contributed by atoms with E-state index in [-0.39, 0.29) is 18.4 Å². The van der Waals surface area contributed by atoms with Gasteiger partial charge in [0.25, 0.3) is 5.91 Å². The molecule has 0 atom stereocenters. The van der Waals surface area contributed by atoms with Gasteiger partial charge in [0.15, 0.2) is 0 Å². The molecule has 0 bridgehead atoms. The zero-order valence-electron chi connectivity index (χ0n) is 17.1. The van der Waals surface area contributed by atoms with Gasteiger partial charge in [-0.25, -0.2) is 4.39 Å². The van der Waals surface area contributed by atoms with Crippen LogP contribution < -0.4 is 10.2 Å². The van der Waals surface area contributed by atoms with E-state index in [0.717, 1.165) is 5.69 Å². The van der Waals surface area contributed by atoms with E-state index in [4.69, 9.17) is 11.6 Å². The number of nitrogens with zero attached hydrogens (tertiary/aromatic N) is 3. The third-order valence-electron chi connectivity index (χ3n) is 5.35. The summed E-state index contributed by atoms with van der Waals surface area (Å²) in [7, 11) is 0. The maximum Gasteiger partial charge on any atom is 0.252 e. The van der Waals surface area contributed by atoms with E-state index in [2.05, 4.69) is 15.2 Å². The maximum atomic E-state index is 13.5. The molecule has 160 valence electrons. The van der Waals surface area contributed by atoms with Crippen LogP contribution in [0.5, 0.6) is 0 Å². The minimum Gasteiger partial charge on any atom is -0.368 e. The van der Waals surface area contributed by atoms with E-state index in [1.165, 1.54) is 18.2 Å². The van der Waals surface area contributed by atoms with Crippen molar-refractivity contribution in [1.29, 1.82) is 0 Å². The first-order valence-electron chi connectivity index (χ1n) is 10.0. The first-order chi connectivity index (χ1) is 14.9. The highest BCUT2D eigenvalue weighted by atomic mass is 35.5. The van der Waals surface area contributed by atoms with Crippen LogP contribution in [0.3, 0.4) is 0 Å². The summed E-state index contributed by atoms with van der Waals surface area (Å²) < 4.78 is 13.5. The predicted octanol–water partition coefficient (Wildman–Crippen LogP) is 3.41. The van der Waals surface area contributed by atoms with Crippen LogP contribution in [0.1, 0.15) is 16.1 Å². The lowest BCUT2D eigenvalue weighted by Gasteiger charge is -2.36. The molecule has 0 spiro atoms. The summed E-state index contributed by atoms with van der Waals surface area (Å²) in [6.45, 7) is 4.17. The number of carbonyl (C=O) groups is 2. The minimum atomic E-state index is -0.413. The highest BCUT2D eigenvalue weighted by Gasteiger charge is 2.22. The summed E-state index contributed by atoms with van der Waals surface area (Å²) in [4.78, 5) is 33.5. The number of pyridine rings is 1. The van der Waals surface area contributed by atoms with Crippen LogP contribution in [-0.2, 0) is 4.79 Å². The van der Waals surface area contributed by atoms with E-state index >= 15 is 0 Å². The highest BCUT2D eigenvalue weighted by molar-refractivity contribution is 6.30. The van der Waals surface area contributed by atoms with Crippen molar-refractivity contribution in [2.45, 2.75) is 6.92 Å². The minimum absolute atomic E-state index is 0.0972. The van der Waals surface area contributed by atoms with Gasteiger partial charge in [0, 0.05) is 54.0 Å². The van der Waals surface area contributed by atoms with E-state index in [1.807, 2.05) is 24.3 Å². The molecule has 1 aliphatic rings. The molecular formula is C23H22ClFN4O2. The van der Waals surface area contributed by atoms with Gasteiger partial charge in [0.1, 0.15) is 5.82 Å². The largest absolute Gasteiger partial charge is 0.368 e. The van der Waals surface area contributed by atoms with Crippen LogP contribution in [0, 0.1) is 12.7 Å². The number of aryl methyl sites for hydroxylation is 1. The molecule has 0 saturated carbocycles. The zero-order valence-corrected chi connectivity index (χ0v) is 17.8. The molecule has 1 N–H and O–H groups in total. The summed E-state index contributed by atoms with van der Waals surface area (Å²) in [5.74, 6) is -0.933. The topological polar surface area (TPSA) is 65.5 Å². The van der Waals surface area contributed by atoms with Crippen molar-refractivity contribution in [1.82, 2.24) is 15.2 Å². The molecule has 2 heterocycles. The molecule has 2 amide bonds. The Labute approximate surface area is 184 Å². The number of amides is 2. The monoisotopic (exact) mass is 440 g/mol. The predicted molar refractivity (Wildman–Crippen MR) is 119 cm³/mol. The van der Waals surface area contributed by atoms with Crippen molar-refractivity contribution in [2.75, 3.05) is 37.6 Å². The first-order valence-corrected chi connectivity index (χ1v) is 10.4. The lowest BCUT2D eigenvalue weighted by Crippen LogP contribution is -2.51. The molecule has 3 aromatic rings. The fraction of sp³-hybridized carbons (Fsp3) is 0.261. The fourth-order valence-corrected chi connectivity index (χ4v) is 3.96. The SMILES string of the molecule is Cc1cc(C(=O)NCC(=O)N2CCN(c3cccc(Cl)c3)CC2)c2ccc(F)cc2n1. The normalized spacial score (nSPS) is 14.0. The third-order valence-corrected chi connectivity index (χ3v) is 5.59. The van der Waals surface area contributed by atoms with E-state index < -0.39 is 5.82 Å². The molecule has 2 aromatic carbocycles. The van der Waals surface area contributed by atoms with Gasteiger partial charge >= 0.3 is 0 Å². The Bertz CT molecular complexity index is 1140. The van der Waals surface area contributed by atoms with Crippen molar-refractivity contribution in [3.05, 3.63) is 70.6 Å². The Morgan fingerprint density at radius 1 is 1.10 bits per heavy atom. The first kappa shape index (κ1) is 21.1. The number of hydrogen-bond donors (Lipinski definition) is 1. The average molecular weight is 441 g/mol. The van der Waals surface area contributed by atoms with E-state index in [1.54, 1.807) is 17.9 Å². The number of benzene rings is 2. The molecule has 1 aromatic heterocycles. The van der Waals surface area contributed by atoms with Crippen LogP contribution in [0.25, 0.3) is 10.9 Å². The Balaban J connectivity index is 1.36. The second-order valence-electron chi connectivity index (χ2n) is 7.50. The molecule has 1 fully saturated rings. The van der Waals surface area contributed by atoms with Crippen molar-refractivity contribution in [3.63, 3.8) is 0 Å². The Hall–Kier alpha value is -3.19. The number of carbonyl (C=O) groups excluding carboxylic acids is 2. The average Bonchev–Trinajstić information content (AvgIpc) is 2.76. The quantitative estimate of drug-likeness (QED) is 0.675. The van der Waals surface area contributed by atoms with Crippen LogP contribution in [0.15, 0.2) is 48.5 Å². The number of halogens is 2. The molecule has 8 heteroatoms. The van der Waals surface area contributed by atoms with Gasteiger partial charge in [-0.05, 0) is 43.3 Å². The smallest absolute Gasteiger partial charge is 0.252 e. The van der Waals surface area contributed by atoms with Crippen molar-refractivity contribution >= 4 is 40.0 Å². The Kier molecular flexibility index (Phi) is 6.04. The molecule has 0 unspecified atom stereocenters. The lowest BCUT2D eigenvalue weighted by atomic mass is 10.1. The highest BCUT2D eigenvalue weighted by Crippen LogP contribution is 2.21. The fourth-order valence-electron chi connectivity index (χ4n) is 3.77. The Morgan fingerprint density at radius 2 is 1.87 bits per heavy atom. The number of aromatic nitrogens is 1.